The van der Waals surface area contributed by atoms with Crippen molar-refractivity contribution in [2.45, 2.75) is 11.1 Å². The van der Waals surface area contributed by atoms with E-state index in [9.17, 15) is 8.42 Å². The van der Waals surface area contributed by atoms with Gasteiger partial charge in [-0.15, -0.1) is 12.6 Å². The number of nitrogens with two attached hydrogens (primary N) is 1. The van der Waals surface area contributed by atoms with E-state index in [-0.39, 0.29) is 0 Å². The Bertz CT molecular complexity index is 178. The molecule has 0 aliphatic carbocycles. The summed E-state index contributed by atoms with van der Waals surface area (Å²) in [6.07, 6.45) is 0. The molecule has 0 aromatic rings. The Balaban J connectivity index is 4.57. The molecule has 9 heavy (non-hydrogen) atoms. The maximum absolute atomic E-state index is 10.6. The second-order valence-corrected chi connectivity index (χ2v) is 5.00. The molecule has 4 nitrogen and oxygen atoms in total. The van der Waals surface area contributed by atoms with Crippen molar-refractivity contribution < 1.29 is 12.6 Å². The number of thiol groups is 1. The molecule has 0 aliphatic heterocycles. The van der Waals surface area contributed by atoms with Gasteiger partial charge in [0.25, 0.3) is 10.1 Å². The van der Waals surface area contributed by atoms with Crippen LogP contribution in [0.3, 0.4) is 0 Å². The maximum atomic E-state index is 10.6. The minimum atomic E-state index is -3.69. The number of hydrogen-bond acceptors (Lipinski definition) is 5. The molecule has 0 heterocycles. The minimum Gasteiger partial charge on any atom is -0.303 e. The monoisotopic (exact) mass is 171 g/mol. The molecule has 1 atom stereocenters. The summed E-state index contributed by atoms with van der Waals surface area (Å²) in [6.45, 7) is 1.23. The molecule has 0 rings (SSSR count). The number of hydrogen-bond donors (Lipinski definition) is 2. The Hall–Kier alpha value is 0.220. The second kappa shape index (κ2) is 2.45. The zero-order valence-corrected chi connectivity index (χ0v) is 6.87. The van der Waals surface area contributed by atoms with Crippen LogP contribution in [-0.2, 0) is 14.3 Å². The Morgan fingerprint density at radius 2 is 2.00 bits per heavy atom. The molecule has 56 valence electrons. The van der Waals surface area contributed by atoms with Crippen LogP contribution in [0.5, 0.6) is 0 Å². The average molecular weight is 171 g/mol. The fourth-order valence-electron chi connectivity index (χ4n) is 0.169. The SMILES string of the molecule is COS(=O)(=O)C(C)(N)S. The van der Waals surface area contributed by atoms with Gasteiger partial charge in [0.2, 0.25) is 0 Å². The predicted molar refractivity (Wildman–Crippen MR) is 37.5 cm³/mol. The third kappa shape index (κ3) is 2.13. The maximum Gasteiger partial charge on any atom is 0.295 e. The third-order valence-corrected chi connectivity index (χ3v) is 2.85. The first kappa shape index (κ1) is 9.22. The van der Waals surface area contributed by atoms with Gasteiger partial charge in [0, 0.05) is 0 Å². The van der Waals surface area contributed by atoms with E-state index in [4.69, 9.17) is 5.73 Å². The Morgan fingerprint density at radius 3 is 2.00 bits per heavy atom. The van der Waals surface area contributed by atoms with Crippen LogP contribution in [0.25, 0.3) is 0 Å². The van der Waals surface area contributed by atoms with Crippen LogP contribution in [0.15, 0.2) is 0 Å². The van der Waals surface area contributed by atoms with Crippen LogP contribution in [-0.4, -0.2) is 19.7 Å². The van der Waals surface area contributed by atoms with Crippen LogP contribution in [0.2, 0.25) is 0 Å². The highest BCUT2D eigenvalue weighted by molar-refractivity contribution is 8.03. The summed E-state index contributed by atoms with van der Waals surface area (Å²) < 4.78 is 23.7. The van der Waals surface area contributed by atoms with Crippen LogP contribution >= 0.6 is 12.6 Å². The molecule has 0 aromatic carbocycles. The van der Waals surface area contributed by atoms with Gasteiger partial charge in [-0.25, -0.2) is 0 Å². The van der Waals surface area contributed by atoms with Gasteiger partial charge in [0.05, 0.1) is 7.11 Å². The van der Waals surface area contributed by atoms with E-state index in [1.54, 1.807) is 0 Å². The molecular formula is C3H9NO3S2. The van der Waals surface area contributed by atoms with Crippen molar-refractivity contribution in [3.8, 4) is 0 Å². The molecule has 0 saturated heterocycles. The van der Waals surface area contributed by atoms with Gasteiger partial charge in [-0.3, -0.25) is 4.18 Å². The van der Waals surface area contributed by atoms with Gasteiger partial charge in [0.15, 0.2) is 4.20 Å². The van der Waals surface area contributed by atoms with E-state index in [2.05, 4.69) is 16.8 Å². The van der Waals surface area contributed by atoms with Gasteiger partial charge in [-0.05, 0) is 6.92 Å². The molecule has 0 fully saturated rings. The van der Waals surface area contributed by atoms with Crippen molar-refractivity contribution in [3.63, 3.8) is 0 Å². The highest BCUT2D eigenvalue weighted by Gasteiger charge is 2.30. The molecule has 0 amide bonds. The lowest BCUT2D eigenvalue weighted by Crippen LogP contribution is -2.39. The van der Waals surface area contributed by atoms with Gasteiger partial charge >= 0.3 is 0 Å². The molecule has 0 radical (unpaired) electrons. The molecule has 2 N–H and O–H groups in total. The standard InChI is InChI=1S/C3H9NO3S2/c1-3(4,8)9(5,6)7-2/h8H,4H2,1-2H3. The summed E-state index contributed by atoms with van der Waals surface area (Å²) in [5.41, 5.74) is 5.07. The lowest BCUT2D eigenvalue weighted by molar-refractivity contribution is 0.386. The summed E-state index contributed by atoms with van der Waals surface area (Å²) in [6, 6.07) is 0. The largest absolute Gasteiger partial charge is 0.303 e. The van der Waals surface area contributed by atoms with Crippen LogP contribution in [0.4, 0.5) is 0 Å². The summed E-state index contributed by atoms with van der Waals surface area (Å²) in [4.78, 5) is 0. The van der Waals surface area contributed by atoms with Crippen molar-refractivity contribution in [3.05, 3.63) is 0 Å². The smallest absolute Gasteiger partial charge is 0.295 e. The van der Waals surface area contributed by atoms with Gasteiger partial charge < -0.3 is 5.73 Å². The fraction of sp³-hybridized carbons (Fsp3) is 1.00. The zero-order valence-electron chi connectivity index (χ0n) is 5.16. The second-order valence-electron chi connectivity index (χ2n) is 1.68. The minimum absolute atomic E-state index is 1.04. The van der Waals surface area contributed by atoms with E-state index in [1.165, 1.54) is 6.92 Å². The quantitative estimate of drug-likeness (QED) is 0.334. The van der Waals surface area contributed by atoms with Crippen LogP contribution < -0.4 is 5.73 Å². The summed E-state index contributed by atoms with van der Waals surface area (Å²) in [5, 5.41) is 0. The first-order valence-electron chi connectivity index (χ1n) is 2.12. The fourth-order valence-corrected chi connectivity index (χ4v) is 0.730. The van der Waals surface area contributed by atoms with Crippen LogP contribution in [0, 0.1) is 0 Å². The molecule has 0 saturated carbocycles. The Labute approximate surface area is 59.9 Å². The first-order valence-corrected chi connectivity index (χ1v) is 3.98. The molecule has 0 spiro atoms. The van der Waals surface area contributed by atoms with Crippen molar-refractivity contribution in [2.75, 3.05) is 7.11 Å². The molecule has 0 aliphatic rings. The first-order chi connectivity index (χ1) is 3.81. The molecule has 0 aromatic heterocycles. The normalized spacial score (nSPS) is 19.1. The van der Waals surface area contributed by atoms with Crippen molar-refractivity contribution in [1.82, 2.24) is 0 Å². The van der Waals surface area contributed by atoms with E-state index in [0.717, 1.165) is 7.11 Å². The zero-order chi connectivity index (χ0) is 7.71. The Kier molecular flexibility index (Phi) is 2.51. The molecule has 1 unspecified atom stereocenters. The van der Waals surface area contributed by atoms with Gasteiger partial charge in [-0.1, -0.05) is 0 Å². The van der Waals surface area contributed by atoms with Gasteiger partial charge in [0.1, 0.15) is 0 Å². The number of rotatable bonds is 2. The lowest BCUT2D eigenvalue weighted by Gasteiger charge is -2.14. The van der Waals surface area contributed by atoms with Crippen LogP contribution in [0.1, 0.15) is 6.92 Å². The van der Waals surface area contributed by atoms with Crippen molar-refractivity contribution >= 4 is 22.7 Å². The predicted octanol–water partition coefficient (Wildman–Crippen LogP) is -0.475. The van der Waals surface area contributed by atoms with Crippen molar-refractivity contribution in [1.29, 1.82) is 0 Å². The average Bonchev–Trinajstić information content (AvgIpc) is 1.64. The topological polar surface area (TPSA) is 69.4 Å². The lowest BCUT2D eigenvalue weighted by atomic mass is 10.8. The summed E-state index contributed by atoms with van der Waals surface area (Å²) in [7, 11) is -2.66. The van der Waals surface area contributed by atoms with E-state index < -0.39 is 14.3 Å². The van der Waals surface area contributed by atoms with E-state index in [1.807, 2.05) is 0 Å². The van der Waals surface area contributed by atoms with Crippen molar-refractivity contribution in [2.24, 2.45) is 5.73 Å². The Morgan fingerprint density at radius 1 is 1.67 bits per heavy atom. The molecule has 6 heteroatoms. The summed E-state index contributed by atoms with van der Waals surface area (Å²) in [5.74, 6) is 0. The third-order valence-electron chi connectivity index (χ3n) is 0.726. The molecule has 0 bridgehead atoms. The van der Waals surface area contributed by atoms with E-state index >= 15 is 0 Å². The van der Waals surface area contributed by atoms with E-state index in [0.29, 0.717) is 0 Å². The molecular weight excluding hydrogens is 162 g/mol. The van der Waals surface area contributed by atoms with Gasteiger partial charge in [-0.2, -0.15) is 8.42 Å². The summed E-state index contributed by atoms with van der Waals surface area (Å²) >= 11 is 3.58. The highest BCUT2D eigenvalue weighted by Crippen LogP contribution is 2.14. The highest BCUT2D eigenvalue weighted by atomic mass is 32.3.